The highest BCUT2D eigenvalue weighted by atomic mass is 35.5. The van der Waals surface area contributed by atoms with Crippen LogP contribution in [0.15, 0.2) is 66.7 Å². The second-order valence-electron chi connectivity index (χ2n) is 9.25. The third kappa shape index (κ3) is 5.89. The molecule has 2 atom stereocenters. The monoisotopic (exact) mass is 536 g/mol. The van der Waals surface area contributed by atoms with Gasteiger partial charge in [0.1, 0.15) is 0 Å². The fourth-order valence-corrected chi connectivity index (χ4v) is 5.08. The number of anilines is 1. The Morgan fingerprint density at radius 2 is 1.63 bits per heavy atom. The largest absolute Gasteiger partial charge is 0.493 e. The van der Waals surface area contributed by atoms with Crippen LogP contribution in [0.4, 0.5) is 10.5 Å². The van der Waals surface area contributed by atoms with Crippen LogP contribution in [0.2, 0.25) is 5.02 Å². The molecule has 0 N–H and O–H groups in total. The highest BCUT2D eigenvalue weighted by molar-refractivity contribution is 6.30. The highest BCUT2D eigenvalue weighted by Gasteiger charge is 2.39. The van der Waals surface area contributed by atoms with Crippen LogP contribution in [-0.4, -0.2) is 43.8 Å². The number of hydrogen-bond donors (Lipinski definition) is 0. The molecule has 4 rings (SSSR count). The number of rotatable bonds is 8. The Morgan fingerprint density at radius 3 is 2.26 bits per heavy atom. The van der Waals surface area contributed by atoms with Gasteiger partial charge < -0.3 is 19.1 Å². The molecule has 2 amide bonds. The van der Waals surface area contributed by atoms with E-state index >= 15 is 0 Å². The van der Waals surface area contributed by atoms with E-state index in [1.165, 1.54) is 0 Å². The first-order chi connectivity index (χ1) is 18.4. The topological polar surface area (TPSA) is 68.3 Å². The maximum atomic E-state index is 13.9. The van der Waals surface area contributed by atoms with Crippen LogP contribution in [0.25, 0.3) is 0 Å². The molecular formula is C30H33ClN2O5. The Labute approximate surface area is 228 Å². The minimum absolute atomic E-state index is 0.0290. The van der Waals surface area contributed by atoms with E-state index in [-0.39, 0.29) is 31.0 Å². The minimum Gasteiger partial charge on any atom is -0.493 e. The summed E-state index contributed by atoms with van der Waals surface area (Å²) in [5.74, 6) is 0.994. The van der Waals surface area contributed by atoms with Gasteiger partial charge in [-0.3, -0.25) is 9.69 Å². The zero-order valence-electron chi connectivity index (χ0n) is 22.1. The molecule has 0 radical (unpaired) electrons. The lowest BCUT2D eigenvalue weighted by molar-refractivity contribution is -0.134. The summed E-state index contributed by atoms with van der Waals surface area (Å²) in [6.45, 7) is 4.42. The first-order valence-corrected chi connectivity index (χ1v) is 13.0. The van der Waals surface area contributed by atoms with Gasteiger partial charge in [0.2, 0.25) is 5.91 Å². The zero-order valence-corrected chi connectivity index (χ0v) is 22.9. The molecule has 0 saturated heterocycles. The van der Waals surface area contributed by atoms with Crippen molar-refractivity contribution in [3.63, 3.8) is 0 Å². The molecule has 1 aliphatic heterocycles. The molecule has 0 aromatic heterocycles. The van der Waals surface area contributed by atoms with E-state index in [9.17, 15) is 9.59 Å². The molecule has 8 heteroatoms. The van der Waals surface area contributed by atoms with Crippen molar-refractivity contribution in [1.29, 1.82) is 0 Å². The van der Waals surface area contributed by atoms with Crippen molar-refractivity contribution in [3.05, 3.63) is 88.4 Å². The van der Waals surface area contributed by atoms with Crippen LogP contribution < -0.4 is 14.4 Å². The molecule has 0 spiro atoms. The molecule has 0 saturated carbocycles. The number of nitrogens with zero attached hydrogens (tertiary/aromatic N) is 2. The Balaban J connectivity index is 1.81. The van der Waals surface area contributed by atoms with Gasteiger partial charge >= 0.3 is 6.09 Å². The van der Waals surface area contributed by atoms with E-state index in [4.69, 9.17) is 25.8 Å². The summed E-state index contributed by atoms with van der Waals surface area (Å²) < 4.78 is 16.6. The molecule has 0 fully saturated rings. The molecule has 200 valence electrons. The van der Waals surface area contributed by atoms with Crippen LogP contribution in [0, 0.1) is 0 Å². The first kappa shape index (κ1) is 27.3. The van der Waals surface area contributed by atoms with E-state index < -0.39 is 6.09 Å². The molecule has 0 bridgehead atoms. The lowest BCUT2D eigenvalue weighted by Gasteiger charge is -2.43. The molecular weight excluding hydrogens is 504 g/mol. The number of carbonyl (C=O) groups excluding carboxylic acids is 2. The standard InChI is InChI=1S/C30H33ClN2O5/c1-5-38-30(35)33-20(2)15-25(24-17-27(36-3)28(37-4)18-26(24)33)32(19-22-9-7-6-8-10-22)29(34)16-21-11-13-23(31)14-12-21/h6-14,17-18,20,25H,5,15-16,19H2,1-4H3. The predicted octanol–water partition coefficient (Wildman–Crippen LogP) is 6.42. The van der Waals surface area contributed by atoms with E-state index in [0.717, 1.165) is 16.7 Å². The van der Waals surface area contributed by atoms with Gasteiger partial charge in [0.15, 0.2) is 11.5 Å². The highest BCUT2D eigenvalue weighted by Crippen LogP contribution is 2.46. The number of amides is 2. The summed E-state index contributed by atoms with van der Waals surface area (Å²) in [7, 11) is 3.13. The van der Waals surface area contributed by atoms with Crippen LogP contribution >= 0.6 is 11.6 Å². The van der Waals surface area contributed by atoms with Gasteiger partial charge in [0, 0.05) is 29.2 Å². The second kappa shape index (κ2) is 12.2. The molecule has 38 heavy (non-hydrogen) atoms. The van der Waals surface area contributed by atoms with Gasteiger partial charge in [-0.1, -0.05) is 54.1 Å². The van der Waals surface area contributed by atoms with Gasteiger partial charge in [-0.05, 0) is 49.6 Å². The maximum absolute atomic E-state index is 13.9. The van der Waals surface area contributed by atoms with Crippen molar-refractivity contribution < 1.29 is 23.8 Å². The van der Waals surface area contributed by atoms with E-state index in [1.54, 1.807) is 44.2 Å². The Kier molecular flexibility index (Phi) is 8.79. The first-order valence-electron chi connectivity index (χ1n) is 12.7. The molecule has 2 unspecified atom stereocenters. The quantitative estimate of drug-likeness (QED) is 0.332. The molecule has 0 aliphatic carbocycles. The molecule has 7 nitrogen and oxygen atoms in total. The average Bonchev–Trinajstić information content (AvgIpc) is 2.92. The normalized spacial score (nSPS) is 16.4. The van der Waals surface area contributed by atoms with Crippen molar-refractivity contribution in [2.75, 3.05) is 25.7 Å². The van der Waals surface area contributed by atoms with Crippen molar-refractivity contribution in [2.24, 2.45) is 0 Å². The van der Waals surface area contributed by atoms with Crippen molar-refractivity contribution in [3.8, 4) is 11.5 Å². The van der Waals surface area contributed by atoms with Gasteiger partial charge in [-0.2, -0.15) is 0 Å². The van der Waals surface area contributed by atoms with Gasteiger partial charge in [-0.25, -0.2) is 4.79 Å². The number of benzene rings is 3. The molecule has 1 aliphatic rings. The second-order valence-corrected chi connectivity index (χ2v) is 9.68. The predicted molar refractivity (Wildman–Crippen MR) is 148 cm³/mol. The maximum Gasteiger partial charge on any atom is 0.414 e. The molecule has 3 aromatic rings. The number of methoxy groups -OCH3 is 2. The molecule has 1 heterocycles. The zero-order chi connectivity index (χ0) is 27.2. The Morgan fingerprint density at radius 1 is 0.974 bits per heavy atom. The van der Waals surface area contributed by atoms with Crippen LogP contribution in [-0.2, 0) is 22.5 Å². The van der Waals surface area contributed by atoms with Gasteiger partial charge in [0.05, 0.1) is 39.0 Å². The summed E-state index contributed by atoms with van der Waals surface area (Å²) in [5.41, 5.74) is 3.33. The summed E-state index contributed by atoms with van der Waals surface area (Å²) in [6.07, 6.45) is 0.313. The van der Waals surface area contributed by atoms with Crippen LogP contribution in [0.5, 0.6) is 11.5 Å². The van der Waals surface area contributed by atoms with E-state index in [1.807, 2.05) is 60.4 Å². The van der Waals surface area contributed by atoms with E-state index in [0.29, 0.717) is 35.2 Å². The lowest BCUT2D eigenvalue weighted by atomic mass is 9.89. The van der Waals surface area contributed by atoms with Gasteiger partial charge in [0.25, 0.3) is 0 Å². The van der Waals surface area contributed by atoms with Crippen molar-refractivity contribution >= 4 is 29.3 Å². The number of carbonyl (C=O) groups is 2. The van der Waals surface area contributed by atoms with Gasteiger partial charge in [-0.15, -0.1) is 0 Å². The summed E-state index contributed by atoms with van der Waals surface area (Å²) in [4.78, 5) is 30.5. The smallest absolute Gasteiger partial charge is 0.414 e. The summed E-state index contributed by atoms with van der Waals surface area (Å²) in [5, 5.41) is 0.623. The van der Waals surface area contributed by atoms with Crippen LogP contribution in [0.3, 0.4) is 0 Å². The number of fused-ring (bicyclic) bond motifs is 1. The third-order valence-electron chi connectivity index (χ3n) is 6.78. The fourth-order valence-electron chi connectivity index (χ4n) is 4.95. The Bertz CT molecular complexity index is 1270. The third-order valence-corrected chi connectivity index (χ3v) is 7.03. The van der Waals surface area contributed by atoms with Crippen molar-refractivity contribution in [1.82, 2.24) is 4.90 Å². The number of hydrogen-bond acceptors (Lipinski definition) is 5. The number of ether oxygens (including phenoxy) is 3. The minimum atomic E-state index is -0.436. The fraction of sp³-hybridized carbons (Fsp3) is 0.333. The molecule has 3 aromatic carbocycles. The Hall–Kier alpha value is -3.71. The average molecular weight is 537 g/mol. The summed E-state index contributed by atoms with van der Waals surface area (Å²) >= 11 is 6.07. The SMILES string of the molecule is CCOC(=O)N1c2cc(OC)c(OC)cc2C(N(Cc2ccccc2)C(=O)Cc2ccc(Cl)cc2)CC1C. The van der Waals surface area contributed by atoms with Crippen LogP contribution in [0.1, 0.15) is 43.0 Å². The van der Waals surface area contributed by atoms with Crippen molar-refractivity contribution in [2.45, 2.75) is 45.3 Å². The summed E-state index contributed by atoms with van der Waals surface area (Å²) in [6, 6.07) is 20.3. The number of halogens is 1. The lowest BCUT2D eigenvalue weighted by Crippen LogP contribution is -2.48. The van der Waals surface area contributed by atoms with E-state index in [2.05, 4.69) is 0 Å².